The molecule has 0 aliphatic rings. The third kappa shape index (κ3) is 5.58. The van der Waals surface area contributed by atoms with Crippen LogP contribution in [-0.2, 0) is 21.4 Å². The van der Waals surface area contributed by atoms with Gasteiger partial charge in [0.25, 0.3) is 0 Å². The lowest BCUT2D eigenvalue weighted by Crippen LogP contribution is -2.40. The van der Waals surface area contributed by atoms with Gasteiger partial charge >= 0.3 is 0 Å². The van der Waals surface area contributed by atoms with Gasteiger partial charge in [-0.2, -0.15) is 4.31 Å². The second kappa shape index (κ2) is 8.79. The molecule has 10 heteroatoms. The highest BCUT2D eigenvalue weighted by Crippen LogP contribution is 2.37. The minimum Gasteiger partial charge on any atom is -0.593 e. The molecule has 2 aromatic carbocycles. The smallest absolute Gasteiger partial charge is 0.241 e. The molecule has 31 heavy (non-hydrogen) atoms. The first kappa shape index (κ1) is 23.6. The van der Waals surface area contributed by atoms with E-state index in [9.17, 15) is 13.0 Å². The van der Waals surface area contributed by atoms with Gasteiger partial charge in [0, 0.05) is 28.6 Å². The summed E-state index contributed by atoms with van der Waals surface area (Å²) < 4.78 is 42.7. The standard InChI is InChI=1S/C21H26N4O3S3/c1-21(2,3)24-31(27,28)19-12-16(25(4)30(5)26)10-11-17(19)18-13-23-20(29-18)14-6-8-15(22)9-7-14/h6-13,24H,22H2,1-5H3. The van der Waals surface area contributed by atoms with Crippen LogP contribution in [0.5, 0.6) is 0 Å². The average Bonchev–Trinajstić information content (AvgIpc) is 3.15. The summed E-state index contributed by atoms with van der Waals surface area (Å²) in [6.07, 6.45) is 3.21. The predicted octanol–water partition coefficient (Wildman–Crippen LogP) is 3.87. The van der Waals surface area contributed by atoms with Crippen molar-refractivity contribution in [2.75, 3.05) is 23.3 Å². The molecule has 3 N–H and O–H groups in total. The van der Waals surface area contributed by atoms with Crippen LogP contribution in [0.15, 0.2) is 53.6 Å². The Balaban J connectivity index is 2.12. The van der Waals surface area contributed by atoms with Crippen LogP contribution in [0.25, 0.3) is 21.0 Å². The number of nitrogens with two attached hydrogens (primary N) is 1. The van der Waals surface area contributed by atoms with Gasteiger partial charge in [0.15, 0.2) is 0 Å². The summed E-state index contributed by atoms with van der Waals surface area (Å²) >= 11 is 0.105. The molecule has 166 valence electrons. The van der Waals surface area contributed by atoms with Gasteiger partial charge in [-0.3, -0.25) is 0 Å². The van der Waals surface area contributed by atoms with Crippen molar-refractivity contribution < 1.29 is 13.0 Å². The van der Waals surface area contributed by atoms with Gasteiger partial charge in [-0.15, -0.1) is 11.3 Å². The van der Waals surface area contributed by atoms with E-state index in [0.717, 1.165) is 10.6 Å². The van der Waals surface area contributed by atoms with Crippen molar-refractivity contribution in [1.82, 2.24) is 9.71 Å². The van der Waals surface area contributed by atoms with E-state index in [1.807, 2.05) is 12.1 Å². The highest BCUT2D eigenvalue weighted by molar-refractivity contribution is 7.92. The van der Waals surface area contributed by atoms with Gasteiger partial charge in [0.2, 0.25) is 10.0 Å². The molecule has 0 bridgehead atoms. The number of nitrogen functional groups attached to an aromatic ring is 1. The second-order valence-corrected chi connectivity index (χ2v) is 12.2. The lowest BCUT2D eigenvalue weighted by Gasteiger charge is -2.23. The number of benzene rings is 2. The molecule has 3 rings (SSSR count). The fourth-order valence-corrected chi connectivity index (χ4v) is 5.99. The van der Waals surface area contributed by atoms with E-state index < -0.39 is 26.9 Å². The summed E-state index contributed by atoms with van der Waals surface area (Å²) in [5, 5.41) is 0.762. The van der Waals surface area contributed by atoms with Crippen LogP contribution in [-0.4, -0.2) is 36.8 Å². The van der Waals surface area contributed by atoms with E-state index in [-0.39, 0.29) is 4.90 Å². The quantitative estimate of drug-likeness (QED) is 0.411. The van der Waals surface area contributed by atoms with Crippen LogP contribution in [0.1, 0.15) is 20.8 Å². The van der Waals surface area contributed by atoms with Crippen molar-refractivity contribution in [3.8, 4) is 21.0 Å². The number of nitrogens with zero attached hydrogens (tertiary/aromatic N) is 2. The number of nitrogens with one attached hydrogen (secondary N) is 1. The largest absolute Gasteiger partial charge is 0.593 e. The Morgan fingerprint density at radius 2 is 1.81 bits per heavy atom. The van der Waals surface area contributed by atoms with E-state index in [1.165, 1.54) is 21.9 Å². The Bertz CT molecular complexity index is 1170. The Hall–Kier alpha value is -2.11. The monoisotopic (exact) mass is 478 g/mol. The molecule has 0 aliphatic heterocycles. The number of thiazole rings is 1. The number of rotatable bonds is 6. The molecule has 7 nitrogen and oxygen atoms in total. The molecular weight excluding hydrogens is 452 g/mol. The molecule has 1 atom stereocenters. The lowest BCUT2D eigenvalue weighted by atomic mass is 10.1. The Kier molecular flexibility index (Phi) is 6.68. The van der Waals surface area contributed by atoms with E-state index >= 15 is 0 Å². The normalized spacial score (nSPS) is 13.2. The van der Waals surface area contributed by atoms with E-state index in [4.69, 9.17) is 5.73 Å². The van der Waals surface area contributed by atoms with Gasteiger partial charge < -0.3 is 10.3 Å². The summed E-state index contributed by atoms with van der Waals surface area (Å²) in [5.74, 6) is 0. The summed E-state index contributed by atoms with van der Waals surface area (Å²) in [6.45, 7) is 5.35. The van der Waals surface area contributed by atoms with Gasteiger partial charge in [-0.25, -0.2) is 18.1 Å². The molecule has 0 fully saturated rings. The Morgan fingerprint density at radius 3 is 2.39 bits per heavy atom. The average molecular weight is 479 g/mol. The Labute approximate surface area is 190 Å². The van der Waals surface area contributed by atoms with Crippen molar-refractivity contribution in [2.45, 2.75) is 31.2 Å². The highest BCUT2D eigenvalue weighted by Gasteiger charge is 2.27. The molecule has 0 spiro atoms. The first-order valence-electron chi connectivity index (χ1n) is 9.45. The minimum absolute atomic E-state index is 0.115. The first-order valence-corrected chi connectivity index (χ1v) is 13.3. The maximum Gasteiger partial charge on any atom is 0.241 e. The highest BCUT2D eigenvalue weighted by atomic mass is 32.2. The summed E-state index contributed by atoms with van der Waals surface area (Å²) in [4.78, 5) is 5.31. The van der Waals surface area contributed by atoms with Crippen molar-refractivity contribution in [3.63, 3.8) is 0 Å². The summed E-state index contributed by atoms with van der Waals surface area (Å²) in [7, 11) is -2.20. The fraction of sp³-hybridized carbons (Fsp3) is 0.286. The molecule has 0 amide bonds. The molecule has 0 aliphatic carbocycles. The zero-order valence-corrected chi connectivity index (χ0v) is 20.5. The topological polar surface area (TPSA) is 111 Å². The van der Waals surface area contributed by atoms with Crippen LogP contribution >= 0.6 is 11.3 Å². The van der Waals surface area contributed by atoms with Crippen LogP contribution in [0.3, 0.4) is 0 Å². The minimum atomic E-state index is -3.85. The maximum absolute atomic E-state index is 13.3. The van der Waals surface area contributed by atoms with Crippen LogP contribution in [0, 0.1) is 0 Å². The molecule has 0 saturated heterocycles. The first-order chi connectivity index (χ1) is 14.4. The maximum atomic E-state index is 13.3. The number of aromatic nitrogens is 1. The molecule has 0 radical (unpaired) electrons. The third-order valence-corrected chi connectivity index (χ3v) is 8.23. The predicted molar refractivity (Wildman–Crippen MR) is 130 cm³/mol. The van der Waals surface area contributed by atoms with Crippen molar-refractivity contribution in [1.29, 1.82) is 0 Å². The number of sulfonamides is 1. The molecule has 0 saturated carbocycles. The molecule has 1 heterocycles. The van der Waals surface area contributed by atoms with E-state index in [0.29, 0.717) is 21.8 Å². The van der Waals surface area contributed by atoms with Crippen LogP contribution in [0.4, 0.5) is 11.4 Å². The van der Waals surface area contributed by atoms with Gasteiger partial charge in [-0.05, 0) is 63.2 Å². The molecular formula is C21H26N4O3S3. The summed E-state index contributed by atoms with van der Waals surface area (Å²) in [6, 6.07) is 12.4. The van der Waals surface area contributed by atoms with Gasteiger partial charge in [0.05, 0.1) is 33.9 Å². The van der Waals surface area contributed by atoms with Gasteiger partial charge in [-0.1, -0.05) is 0 Å². The van der Waals surface area contributed by atoms with Crippen LogP contribution < -0.4 is 14.8 Å². The molecule has 3 aromatic rings. The molecule has 1 aromatic heterocycles. The SMILES string of the molecule is CN(c1ccc(-c2cnc(-c3ccc(N)cc3)s2)c(S(=O)(=O)NC(C)(C)C)c1)[S+](C)[O-]. The zero-order chi connectivity index (χ0) is 23.0. The Morgan fingerprint density at radius 1 is 1.16 bits per heavy atom. The number of hydrogen-bond acceptors (Lipinski definition) is 7. The van der Waals surface area contributed by atoms with Gasteiger partial charge in [0.1, 0.15) is 11.3 Å². The third-order valence-electron chi connectivity index (χ3n) is 4.37. The fourth-order valence-electron chi connectivity index (χ4n) is 2.90. The van der Waals surface area contributed by atoms with E-state index in [1.54, 1.807) is 64.3 Å². The van der Waals surface area contributed by atoms with Crippen molar-refractivity contribution in [2.24, 2.45) is 0 Å². The lowest BCUT2D eigenvalue weighted by molar-refractivity contribution is 0.491. The van der Waals surface area contributed by atoms with E-state index in [2.05, 4.69) is 9.71 Å². The van der Waals surface area contributed by atoms with Crippen molar-refractivity contribution in [3.05, 3.63) is 48.7 Å². The number of anilines is 2. The number of hydrogen-bond donors (Lipinski definition) is 2. The zero-order valence-electron chi connectivity index (χ0n) is 18.0. The van der Waals surface area contributed by atoms with Crippen molar-refractivity contribution >= 4 is 44.1 Å². The molecule has 1 unspecified atom stereocenters. The van der Waals surface area contributed by atoms with Crippen LogP contribution in [0.2, 0.25) is 0 Å². The summed E-state index contributed by atoms with van der Waals surface area (Å²) in [5.41, 5.74) is 7.75. The second-order valence-electron chi connectivity index (χ2n) is 8.11.